The Morgan fingerprint density at radius 1 is 0.649 bits per heavy atom. The molecule has 0 saturated carbocycles. The van der Waals surface area contributed by atoms with Crippen LogP contribution in [0.25, 0.3) is 21.5 Å². The van der Waals surface area contributed by atoms with Gasteiger partial charge in [0.2, 0.25) is 0 Å². The standard InChI is InChI=1S/2C13H15.C7H7.2ClH.Si.Zr/c2*1-4-11-5-9(2)6-12-7-10(3)8-13(11)12;1-7-5-3-2-4-6-7;;;;/h2*5-8H,4H2,1-3H3;2-6H,1H2;2*1H;;/q3*-1;;;;. The third-order valence-electron chi connectivity index (χ3n) is 6.00. The number of aryl methyl sites for hydroxylation is 6. The van der Waals surface area contributed by atoms with Crippen molar-refractivity contribution in [1.82, 2.24) is 0 Å². The molecular formula is C33H39Cl2SiZr-3. The SMILES string of the molecule is CCc1cc(C)cc2[cH-]c(C)cc12.CCc1cc(C)cc2[cH-]c(C)cc12.Cl.Cl.[CH2-]c1ccccc1.[Si]=[Zr]. The fraction of sp³-hybridized carbons (Fsp3) is 0.242. The van der Waals surface area contributed by atoms with Crippen LogP contribution in [0.3, 0.4) is 0 Å². The zero-order valence-electron chi connectivity index (χ0n) is 22.9. The molecule has 5 aromatic rings. The van der Waals surface area contributed by atoms with Gasteiger partial charge in [-0.25, -0.2) is 0 Å². The van der Waals surface area contributed by atoms with Gasteiger partial charge in [0.15, 0.2) is 0 Å². The molecule has 0 spiro atoms. The Balaban J connectivity index is 0.000000514. The Morgan fingerprint density at radius 2 is 1.03 bits per heavy atom. The second-order valence-corrected chi connectivity index (χ2v) is 9.11. The Hall–Kier alpha value is -1.57. The normalized spacial score (nSPS) is 9.43. The van der Waals surface area contributed by atoms with E-state index < -0.39 is 0 Å². The van der Waals surface area contributed by atoms with Crippen molar-refractivity contribution in [3.05, 3.63) is 125 Å². The van der Waals surface area contributed by atoms with Crippen LogP contribution in [0, 0.1) is 34.6 Å². The van der Waals surface area contributed by atoms with E-state index in [0.717, 1.165) is 18.4 Å². The Labute approximate surface area is 254 Å². The maximum atomic E-state index is 3.72. The molecule has 0 N–H and O–H groups in total. The molecule has 0 amide bonds. The number of fused-ring (bicyclic) bond motifs is 2. The molecule has 0 aromatic heterocycles. The van der Waals surface area contributed by atoms with Crippen molar-refractivity contribution in [3.8, 4) is 0 Å². The van der Waals surface area contributed by atoms with E-state index in [4.69, 9.17) is 0 Å². The average Bonchev–Trinajstić information content (AvgIpc) is 3.41. The first kappa shape index (κ1) is 35.4. The molecule has 37 heavy (non-hydrogen) atoms. The molecule has 0 aliphatic heterocycles. The molecule has 0 bridgehead atoms. The van der Waals surface area contributed by atoms with Crippen LogP contribution in [0.5, 0.6) is 0 Å². The van der Waals surface area contributed by atoms with Crippen LogP contribution in [-0.4, -0.2) is 6.88 Å². The van der Waals surface area contributed by atoms with Crippen LogP contribution >= 0.6 is 24.8 Å². The number of halogens is 2. The number of hydrogen-bond donors (Lipinski definition) is 0. The van der Waals surface area contributed by atoms with Gasteiger partial charge in [-0.1, -0.05) is 68.1 Å². The Bertz CT molecular complexity index is 1260. The van der Waals surface area contributed by atoms with E-state index in [1.807, 2.05) is 30.3 Å². The zero-order chi connectivity index (χ0) is 26.0. The molecular weight excluding hydrogens is 587 g/mol. The molecule has 2 radical (unpaired) electrons. The minimum atomic E-state index is 0. The summed E-state index contributed by atoms with van der Waals surface area (Å²) in [4.78, 5) is 0. The van der Waals surface area contributed by atoms with Crippen molar-refractivity contribution in [2.45, 2.75) is 54.4 Å². The van der Waals surface area contributed by atoms with Crippen LogP contribution in [0.15, 0.2) is 78.9 Å². The molecule has 5 aromatic carbocycles. The summed E-state index contributed by atoms with van der Waals surface area (Å²) in [6.07, 6.45) is 2.25. The van der Waals surface area contributed by atoms with Gasteiger partial charge >= 0.3 is 30.2 Å². The van der Waals surface area contributed by atoms with E-state index in [9.17, 15) is 0 Å². The third kappa shape index (κ3) is 10.6. The van der Waals surface area contributed by atoms with Gasteiger partial charge in [-0.05, 0) is 26.7 Å². The van der Waals surface area contributed by atoms with Gasteiger partial charge in [0.05, 0.1) is 0 Å². The maximum absolute atomic E-state index is 3.72. The molecule has 0 atom stereocenters. The van der Waals surface area contributed by atoms with Crippen molar-refractivity contribution < 1.29 is 23.3 Å². The van der Waals surface area contributed by atoms with Crippen molar-refractivity contribution in [2.75, 3.05) is 0 Å². The first-order chi connectivity index (χ1) is 16.8. The summed E-state index contributed by atoms with van der Waals surface area (Å²) >= 11 is 1.36. The third-order valence-corrected chi connectivity index (χ3v) is 6.00. The summed E-state index contributed by atoms with van der Waals surface area (Å²) < 4.78 is 0. The van der Waals surface area contributed by atoms with Gasteiger partial charge in [-0.15, -0.1) is 93.9 Å². The fourth-order valence-electron chi connectivity index (χ4n) is 4.49. The summed E-state index contributed by atoms with van der Waals surface area (Å²) in [6, 6.07) is 28.1. The average molecular weight is 626 g/mol. The van der Waals surface area contributed by atoms with Gasteiger partial charge in [-0.3, -0.25) is 0 Å². The molecule has 196 valence electrons. The van der Waals surface area contributed by atoms with E-state index in [-0.39, 0.29) is 24.8 Å². The molecule has 0 aliphatic rings. The van der Waals surface area contributed by atoms with Gasteiger partial charge in [-0.2, -0.15) is 36.8 Å². The van der Waals surface area contributed by atoms with Gasteiger partial charge in [0.1, 0.15) is 0 Å². The molecule has 0 heterocycles. The second-order valence-electron chi connectivity index (χ2n) is 9.11. The topological polar surface area (TPSA) is 0 Å². The van der Waals surface area contributed by atoms with E-state index in [1.165, 1.54) is 78.3 Å². The summed E-state index contributed by atoms with van der Waals surface area (Å²) in [5.74, 6) is 0. The Morgan fingerprint density at radius 3 is 1.32 bits per heavy atom. The van der Waals surface area contributed by atoms with E-state index >= 15 is 0 Å². The first-order valence-electron chi connectivity index (χ1n) is 12.3. The second kappa shape index (κ2) is 17.8. The Kier molecular flexibility index (Phi) is 17.1. The summed E-state index contributed by atoms with van der Waals surface area (Å²) in [6.45, 7) is 19.9. The van der Waals surface area contributed by atoms with Gasteiger partial charge < -0.3 is 0 Å². The molecule has 5 rings (SSSR count). The van der Waals surface area contributed by atoms with Gasteiger partial charge in [0.25, 0.3) is 0 Å². The first-order valence-corrected chi connectivity index (χ1v) is 16.4. The molecule has 0 fully saturated rings. The monoisotopic (exact) mass is 623 g/mol. The summed E-state index contributed by atoms with van der Waals surface area (Å²) in [5.41, 5.74) is 9.50. The predicted octanol–water partition coefficient (Wildman–Crippen LogP) is 9.80. The zero-order valence-corrected chi connectivity index (χ0v) is 28.0. The predicted molar refractivity (Wildman–Crippen MR) is 168 cm³/mol. The van der Waals surface area contributed by atoms with Crippen LogP contribution in [-0.2, 0) is 36.2 Å². The van der Waals surface area contributed by atoms with E-state index in [1.54, 1.807) is 0 Å². The molecule has 0 aliphatic carbocycles. The van der Waals surface area contributed by atoms with E-state index in [2.05, 4.69) is 104 Å². The van der Waals surface area contributed by atoms with Crippen LogP contribution in [0.2, 0.25) is 0 Å². The van der Waals surface area contributed by atoms with Crippen molar-refractivity contribution >= 4 is 53.2 Å². The molecule has 0 nitrogen and oxygen atoms in total. The summed E-state index contributed by atoms with van der Waals surface area (Å²) in [5, 5.41) is 5.67. The van der Waals surface area contributed by atoms with Crippen LogP contribution in [0.1, 0.15) is 52.8 Å². The molecule has 0 unspecified atom stereocenters. The fourth-order valence-corrected chi connectivity index (χ4v) is 4.49. The number of hydrogen-bond acceptors (Lipinski definition) is 0. The van der Waals surface area contributed by atoms with Crippen LogP contribution in [0.4, 0.5) is 0 Å². The molecule has 0 saturated heterocycles. The van der Waals surface area contributed by atoms with Crippen LogP contribution < -0.4 is 0 Å². The number of benzene rings is 3. The van der Waals surface area contributed by atoms with Crippen molar-refractivity contribution in [2.24, 2.45) is 0 Å². The van der Waals surface area contributed by atoms with Crippen molar-refractivity contribution in [3.63, 3.8) is 0 Å². The summed E-state index contributed by atoms with van der Waals surface area (Å²) in [7, 11) is 0. The van der Waals surface area contributed by atoms with Gasteiger partial charge in [0, 0.05) is 0 Å². The van der Waals surface area contributed by atoms with Crippen molar-refractivity contribution in [1.29, 1.82) is 0 Å². The van der Waals surface area contributed by atoms with E-state index in [0.29, 0.717) is 0 Å². The molecule has 4 heteroatoms. The number of rotatable bonds is 2. The minimum absolute atomic E-state index is 0. The quantitative estimate of drug-likeness (QED) is 0.135.